The minimum absolute atomic E-state index is 0.148. The highest BCUT2D eigenvalue weighted by Gasteiger charge is 2.29. The van der Waals surface area contributed by atoms with E-state index >= 15 is 0 Å². The van der Waals surface area contributed by atoms with Crippen LogP contribution in [-0.4, -0.2) is 24.7 Å². The molecule has 0 saturated carbocycles. The quantitative estimate of drug-likeness (QED) is 0.649. The summed E-state index contributed by atoms with van der Waals surface area (Å²) in [4.78, 5) is 12.4. The van der Waals surface area contributed by atoms with Gasteiger partial charge in [-0.15, -0.1) is 0 Å². The number of ether oxygens (including phenoxy) is 2. The van der Waals surface area contributed by atoms with Crippen LogP contribution in [-0.2, 0) is 11.2 Å². The molecule has 0 aliphatic rings. The summed E-state index contributed by atoms with van der Waals surface area (Å²) in [7, 11) is 0. The van der Waals surface area contributed by atoms with Gasteiger partial charge < -0.3 is 14.8 Å². The SMILES string of the molecule is CCOc1ccccc1CCCNC(=O)C(C)(C)Oc1ccc(Cl)cc1. The minimum Gasteiger partial charge on any atom is -0.494 e. The number of halogens is 1. The molecule has 0 fully saturated rings. The Morgan fingerprint density at radius 1 is 1.12 bits per heavy atom. The number of hydrogen-bond acceptors (Lipinski definition) is 3. The molecule has 0 aliphatic carbocycles. The fourth-order valence-electron chi connectivity index (χ4n) is 2.54. The molecule has 0 atom stereocenters. The molecular formula is C21H26ClNO3. The first-order chi connectivity index (χ1) is 12.4. The lowest BCUT2D eigenvalue weighted by Crippen LogP contribution is -2.46. The van der Waals surface area contributed by atoms with Gasteiger partial charge in [-0.1, -0.05) is 29.8 Å². The molecule has 26 heavy (non-hydrogen) atoms. The van der Waals surface area contributed by atoms with E-state index in [1.807, 2.05) is 25.1 Å². The molecule has 0 spiro atoms. The van der Waals surface area contributed by atoms with E-state index in [1.165, 1.54) is 0 Å². The second kappa shape index (κ2) is 9.48. The highest BCUT2D eigenvalue weighted by molar-refractivity contribution is 6.30. The van der Waals surface area contributed by atoms with Gasteiger partial charge >= 0.3 is 0 Å². The average Bonchev–Trinajstić information content (AvgIpc) is 2.62. The van der Waals surface area contributed by atoms with Gasteiger partial charge in [0.25, 0.3) is 5.91 Å². The summed E-state index contributed by atoms with van der Waals surface area (Å²) >= 11 is 5.87. The Morgan fingerprint density at radius 3 is 2.50 bits per heavy atom. The highest BCUT2D eigenvalue weighted by Crippen LogP contribution is 2.21. The van der Waals surface area contributed by atoms with Gasteiger partial charge in [-0.05, 0) is 69.5 Å². The van der Waals surface area contributed by atoms with Crippen LogP contribution in [0.3, 0.4) is 0 Å². The molecule has 1 N–H and O–H groups in total. The summed E-state index contributed by atoms with van der Waals surface area (Å²) in [6.45, 7) is 6.69. The summed E-state index contributed by atoms with van der Waals surface area (Å²) in [6.07, 6.45) is 1.67. The molecule has 2 rings (SSSR count). The molecule has 0 aromatic heterocycles. The molecule has 0 unspecified atom stereocenters. The molecule has 0 heterocycles. The third-order valence-electron chi connectivity index (χ3n) is 3.91. The molecule has 0 saturated heterocycles. The molecule has 5 heteroatoms. The number of carbonyl (C=O) groups is 1. The van der Waals surface area contributed by atoms with Crippen molar-refractivity contribution in [1.82, 2.24) is 5.32 Å². The Bertz CT molecular complexity index is 713. The molecule has 4 nitrogen and oxygen atoms in total. The van der Waals surface area contributed by atoms with E-state index in [-0.39, 0.29) is 5.91 Å². The van der Waals surface area contributed by atoms with Gasteiger partial charge in [0.05, 0.1) is 6.61 Å². The third kappa shape index (κ3) is 5.95. The van der Waals surface area contributed by atoms with Gasteiger partial charge in [0.15, 0.2) is 5.60 Å². The van der Waals surface area contributed by atoms with Crippen LogP contribution in [0.2, 0.25) is 5.02 Å². The van der Waals surface area contributed by atoms with E-state index in [1.54, 1.807) is 38.1 Å². The number of benzene rings is 2. The molecule has 0 aliphatic heterocycles. The number of carbonyl (C=O) groups excluding carboxylic acids is 1. The molecular weight excluding hydrogens is 350 g/mol. The molecule has 0 radical (unpaired) electrons. The van der Waals surface area contributed by atoms with E-state index in [9.17, 15) is 4.79 Å². The van der Waals surface area contributed by atoms with Gasteiger partial charge in [0.2, 0.25) is 0 Å². The maximum absolute atomic E-state index is 12.4. The van der Waals surface area contributed by atoms with E-state index in [0.717, 1.165) is 24.2 Å². The van der Waals surface area contributed by atoms with Crippen LogP contribution in [0, 0.1) is 0 Å². The summed E-state index contributed by atoms with van der Waals surface area (Å²) in [5.41, 5.74) is 0.192. The zero-order chi connectivity index (χ0) is 19.0. The zero-order valence-electron chi connectivity index (χ0n) is 15.5. The summed E-state index contributed by atoms with van der Waals surface area (Å²) < 4.78 is 11.4. The van der Waals surface area contributed by atoms with Gasteiger partial charge in [-0.3, -0.25) is 4.79 Å². The molecule has 1 amide bonds. The maximum atomic E-state index is 12.4. The van der Waals surface area contributed by atoms with Crippen molar-refractivity contribution in [1.29, 1.82) is 0 Å². The van der Waals surface area contributed by atoms with Crippen molar-refractivity contribution < 1.29 is 14.3 Å². The first-order valence-electron chi connectivity index (χ1n) is 8.86. The second-order valence-electron chi connectivity index (χ2n) is 6.47. The fraction of sp³-hybridized carbons (Fsp3) is 0.381. The predicted octanol–water partition coefficient (Wildman–Crippen LogP) is 4.65. The Morgan fingerprint density at radius 2 is 1.81 bits per heavy atom. The van der Waals surface area contributed by atoms with Crippen molar-refractivity contribution in [2.45, 2.75) is 39.2 Å². The van der Waals surface area contributed by atoms with Crippen LogP contribution in [0.5, 0.6) is 11.5 Å². The predicted molar refractivity (Wildman–Crippen MR) is 105 cm³/mol. The zero-order valence-corrected chi connectivity index (χ0v) is 16.3. The number of para-hydroxylation sites is 1. The number of aryl methyl sites for hydroxylation is 1. The first kappa shape index (κ1) is 20.1. The summed E-state index contributed by atoms with van der Waals surface area (Å²) in [5, 5.41) is 3.58. The van der Waals surface area contributed by atoms with Crippen molar-refractivity contribution in [2.24, 2.45) is 0 Å². The Kier molecular flexibility index (Phi) is 7.34. The van der Waals surface area contributed by atoms with Crippen molar-refractivity contribution in [2.75, 3.05) is 13.2 Å². The van der Waals surface area contributed by atoms with E-state index in [0.29, 0.717) is 23.9 Å². The van der Waals surface area contributed by atoms with Gasteiger partial charge in [0, 0.05) is 11.6 Å². The first-order valence-corrected chi connectivity index (χ1v) is 9.24. The number of amides is 1. The summed E-state index contributed by atoms with van der Waals surface area (Å²) in [5.74, 6) is 1.37. The van der Waals surface area contributed by atoms with Crippen molar-refractivity contribution in [3.05, 3.63) is 59.1 Å². The third-order valence-corrected chi connectivity index (χ3v) is 4.17. The highest BCUT2D eigenvalue weighted by atomic mass is 35.5. The molecule has 140 valence electrons. The second-order valence-corrected chi connectivity index (χ2v) is 6.90. The largest absolute Gasteiger partial charge is 0.494 e. The monoisotopic (exact) mass is 375 g/mol. The van der Waals surface area contributed by atoms with Crippen LogP contribution in [0.15, 0.2) is 48.5 Å². The average molecular weight is 376 g/mol. The van der Waals surface area contributed by atoms with Crippen molar-refractivity contribution >= 4 is 17.5 Å². The molecule has 2 aromatic rings. The fourth-order valence-corrected chi connectivity index (χ4v) is 2.67. The number of rotatable bonds is 9. The van der Waals surface area contributed by atoms with E-state index in [2.05, 4.69) is 11.4 Å². The lowest BCUT2D eigenvalue weighted by Gasteiger charge is -2.25. The Balaban J connectivity index is 1.81. The van der Waals surface area contributed by atoms with Gasteiger partial charge in [-0.2, -0.15) is 0 Å². The van der Waals surface area contributed by atoms with Crippen LogP contribution in [0.25, 0.3) is 0 Å². The van der Waals surface area contributed by atoms with Crippen molar-refractivity contribution in [3.63, 3.8) is 0 Å². The summed E-state index contributed by atoms with van der Waals surface area (Å²) in [6, 6.07) is 15.0. The lowest BCUT2D eigenvalue weighted by atomic mass is 10.1. The van der Waals surface area contributed by atoms with E-state index in [4.69, 9.17) is 21.1 Å². The Hall–Kier alpha value is -2.20. The van der Waals surface area contributed by atoms with Gasteiger partial charge in [-0.25, -0.2) is 0 Å². The van der Waals surface area contributed by atoms with Gasteiger partial charge in [0.1, 0.15) is 11.5 Å². The van der Waals surface area contributed by atoms with Crippen molar-refractivity contribution in [3.8, 4) is 11.5 Å². The maximum Gasteiger partial charge on any atom is 0.263 e. The Labute approximate surface area is 160 Å². The molecule has 0 bridgehead atoms. The smallest absolute Gasteiger partial charge is 0.263 e. The lowest BCUT2D eigenvalue weighted by molar-refractivity contribution is -0.134. The normalized spacial score (nSPS) is 11.1. The van der Waals surface area contributed by atoms with E-state index < -0.39 is 5.60 Å². The van der Waals surface area contributed by atoms with Crippen LogP contribution >= 0.6 is 11.6 Å². The topological polar surface area (TPSA) is 47.6 Å². The van der Waals surface area contributed by atoms with Crippen LogP contribution < -0.4 is 14.8 Å². The van der Waals surface area contributed by atoms with Crippen LogP contribution in [0.4, 0.5) is 0 Å². The van der Waals surface area contributed by atoms with Crippen LogP contribution in [0.1, 0.15) is 32.8 Å². The number of hydrogen-bond donors (Lipinski definition) is 1. The molecule has 2 aromatic carbocycles. The number of nitrogens with one attached hydrogen (secondary N) is 1. The standard InChI is InChI=1S/C21H26ClNO3/c1-4-25-19-10-6-5-8-16(19)9-7-15-23-20(24)21(2,3)26-18-13-11-17(22)12-14-18/h5-6,8,10-14H,4,7,9,15H2,1-3H3,(H,23,24). The minimum atomic E-state index is -0.961.